The van der Waals surface area contributed by atoms with Gasteiger partial charge in [0.1, 0.15) is 12.1 Å². The second-order valence-corrected chi connectivity index (χ2v) is 5.02. The van der Waals surface area contributed by atoms with Gasteiger partial charge in [-0.25, -0.2) is 4.98 Å². The summed E-state index contributed by atoms with van der Waals surface area (Å²) in [6.45, 7) is 5.67. The fourth-order valence-corrected chi connectivity index (χ4v) is 2.15. The second-order valence-electron chi connectivity index (χ2n) is 5.02. The molecule has 2 aromatic rings. The number of nitrogens with one attached hydrogen (secondary N) is 2. The highest BCUT2D eigenvalue weighted by molar-refractivity contribution is 5.99. The van der Waals surface area contributed by atoms with Gasteiger partial charge in [-0.05, 0) is 38.0 Å². The number of aldehydes is 1. The molecule has 106 valence electrons. The minimum absolute atomic E-state index is 0.249. The Kier molecular flexibility index (Phi) is 4.17. The number of aromatic nitrogens is 2. The molecule has 1 amide bonds. The Morgan fingerprint density at radius 1 is 1.50 bits per heavy atom. The van der Waals surface area contributed by atoms with Gasteiger partial charge < -0.3 is 15.1 Å². The number of hydrogen-bond acceptors (Lipinski definition) is 3. The first-order valence-electron chi connectivity index (χ1n) is 6.80. The van der Waals surface area contributed by atoms with Crippen molar-refractivity contribution in [1.29, 1.82) is 0 Å². The van der Waals surface area contributed by atoms with Gasteiger partial charge in [-0.15, -0.1) is 0 Å². The number of aryl methyl sites for hydroxylation is 2. The molecule has 1 aromatic carbocycles. The average molecular weight is 273 g/mol. The molecule has 2 rings (SSSR count). The van der Waals surface area contributed by atoms with Gasteiger partial charge in [-0.1, -0.05) is 6.92 Å². The average Bonchev–Trinajstić information content (AvgIpc) is 2.82. The van der Waals surface area contributed by atoms with Crippen molar-refractivity contribution in [3.05, 3.63) is 29.1 Å². The van der Waals surface area contributed by atoms with Crippen LogP contribution < -0.4 is 5.32 Å². The molecule has 1 unspecified atom stereocenters. The molecule has 0 spiro atoms. The molecule has 0 fully saturated rings. The molecule has 1 aromatic heterocycles. The van der Waals surface area contributed by atoms with E-state index in [9.17, 15) is 9.59 Å². The van der Waals surface area contributed by atoms with E-state index >= 15 is 0 Å². The van der Waals surface area contributed by atoms with Crippen LogP contribution in [0.4, 0.5) is 0 Å². The smallest absolute Gasteiger partial charge is 0.251 e. The van der Waals surface area contributed by atoms with Gasteiger partial charge in [0.2, 0.25) is 0 Å². The molecular formula is C15H19N3O2. The number of imidazole rings is 1. The van der Waals surface area contributed by atoms with Crippen molar-refractivity contribution in [2.24, 2.45) is 0 Å². The number of rotatable bonds is 5. The van der Waals surface area contributed by atoms with Gasteiger partial charge in [-0.3, -0.25) is 4.79 Å². The van der Waals surface area contributed by atoms with Crippen LogP contribution in [0.2, 0.25) is 0 Å². The Balaban J connectivity index is 2.36. The van der Waals surface area contributed by atoms with E-state index in [2.05, 4.69) is 22.2 Å². The van der Waals surface area contributed by atoms with Gasteiger partial charge in [0.15, 0.2) is 0 Å². The maximum absolute atomic E-state index is 12.0. The quantitative estimate of drug-likeness (QED) is 0.820. The fraction of sp³-hybridized carbons (Fsp3) is 0.400. The van der Waals surface area contributed by atoms with Crippen LogP contribution in [0.5, 0.6) is 0 Å². The highest BCUT2D eigenvalue weighted by Gasteiger charge is 2.13. The predicted octanol–water partition coefficient (Wildman–Crippen LogP) is 2.14. The van der Waals surface area contributed by atoms with Crippen LogP contribution in [0.1, 0.15) is 42.0 Å². The molecule has 0 radical (unpaired) electrons. The van der Waals surface area contributed by atoms with Gasteiger partial charge >= 0.3 is 0 Å². The monoisotopic (exact) mass is 273 g/mol. The summed E-state index contributed by atoms with van der Waals surface area (Å²) >= 11 is 0. The number of benzene rings is 1. The number of fused-ring (bicyclic) bond motifs is 1. The minimum atomic E-state index is -0.490. The van der Waals surface area contributed by atoms with Gasteiger partial charge in [0.25, 0.3) is 5.91 Å². The number of carbonyl (C=O) groups excluding carboxylic acids is 2. The first kappa shape index (κ1) is 14.2. The van der Waals surface area contributed by atoms with Gasteiger partial charge in [0.05, 0.1) is 17.1 Å². The number of nitrogens with zero attached hydrogens (tertiary/aromatic N) is 1. The molecule has 1 heterocycles. The van der Waals surface area contributed by atoms with Crippen molar-refractivity contribution in [2.45, 2.75) is 39.7 Å². The van der Waals surface area contributed by atoms with Crippen LogP contribution in [0, 0.1) is 6.92 Å². The molecule has 2 N–H and O–H groups in total. The highest BCUT2D eigenvalue weighted by Crippen LogP contribution is 2.19. The number of hydrogen-bond donors (Lipinski definition) is 2. The highest BCUT2D eigenvalue weighted by atomic mass is 16.2. The van der Waals surface area contributed by atoms with Crippen LogP contribution in [0.15, 0.2) is 12.1 Å². The number of amides is 1. The third-order valence-corrected chi connectivity index (χ3v) is 3.14. The summed E-state index contributed by atoms with van der Waals surface area (Å²) in [5.41, 5.74) is 3.24. The Bertz CT molecular complexity index is 646. The van der Waals surface area contributed by atoms with Crippen molar-refractivity contribution in [2.75, 3.05) is 0 Å². The van der Waals surface area contributed by atoms with Crippen molar-refractivity contribution in [1.82, 2.24) is 15.3 Å². The Labute approximate surface area is 117 Å². The lowest BCUT2D eigenvalue weighted by Gasteiger charge is -2.08. The standard InChI is InChI=1S/C15H19N3O2/c1-4-5-13-17-12-7-11(6-9(2)14(12)18-13)15(20)16-10(3)8-19/h6-8,10H,4-5H2,1-3H3,(H,16,20)(H,17,18). The van der Waals surface area contributed by atoms with Crippen LogP contribution in [-0.2, 0) is 11.2 Å². The summed E-state index contributed by atoms with van der Waals surface area (Å²) < 4.78 is 0. The number of aromatic amines is 1. The Hall–Kier alpha value is -2.17. The van der Waals surface area contributed by atoms with Crippen LogP contribution in [-0.4, -0.2) is 28.2 Å². The van der Waals surface area contributed by atoms with E-state index in [1.165, 1.54) is 0 Å². The summed E-state index contributed by atoms with van der Waals surface area (Å²) in [4.78, 5) is 30.4. The summed E-state index contributed by atoms with van der Waals surface area (Å²) in [7, 11) is 0. The third kappa shape index (κ3) is 2.87. The molecule has 0 aliphatic rings. The first-order chi connectivity index (χ1) is 9.55. The molecule has 0 aliphatic carbocycles. The van der Waals surface area contributed by atoms with E-state index in [0.717, 1.165) is 35.3 Å². The molecular weight excluding hydrogens is 254 g/mol. The van der Waals surface area contributed by atoms with Crippen molar-refractivity contribution < 1.29 is 9.59 Å². The van der Waals surface area contributed by atoms with Crippen LogP contribution in [0.25, 0.3) is 11.0 Å². The zero-order valence-electron chi connectivity index (χ0n) is 12.0. The Morgan fingerprint density at radius 3 is 2.90 bits per heavy atom. The lowest BCUT2D eigenvalue weighted by Crippen LogP contribution is -2.33. The molecule has 0 aliphatic heterocycles. The first-order valence-corrected chi connectivity index (χ1v) is 6.80. The maximum atomic E-state index is 12.0. The van der Waals surface area contributed by atoms with Crippen molar-refractivity contribution in [3.8, 4) is 0 Å². The molecule has 5 nitrogen and oxygen atoms in total. The SMILES string of the molecule is CCCc1nc2c(C)cc(C(=O)NC(C)C=O)cc2[nH]1. The van der Waals surface area contributed by atoms with Gasteiger partial charge in [-0.2, -0.15) is 0 Å². The number of H-pyrrole nitrogens is 1. The molecule has 0 saturated carbocycles. The summed E-state index contributed by atoms with van der Waals surface area (Å²) in [6, 6.07) is 3.09. The number of carbonyl (C=O) groups is 2. The van der Waals surface area contributed by atoms with Gasteiger partial charge in [0, 0.05) is 12.0 Å². The van der Waals surface area contributed by atoms with E-state index in [-0.39, 0.29) is 5.91 Å². The minimum Gasteiger partial charge on any atom is -0.343 e. The van der Waals surface area contributed by atoms with Crippen LogP contribution >= 0.6 is 0 Å². The topological polar surface area (TPSA) is 74.8 Å². The molecule has 0 saturated heterocycles. The molecule has 20 heavy (non-hydrogen) atoms. The van der Waals surface area contributed by atoms with Crippen molar-refractivity contribution in [3.63, 3.8) is 0 Å². The third-order valence-electron chi connectivity index (χ3n) is 3.14. The summed E-state index contributed by atoms with van der Waals surface area (Å²) in [6.07, 6.45) is 2.61. The normalized spacial score (nSPS) is 12.3. The lowest BCUT2D eigenvalue weighted by molar-refractivity contribution is -0.109. The van der Waals surface area contributed by atoms with Crippen molar-refractivity contribution >= 4 is 23.2 Å². The molecule has 0 bridgehead atoms. The summed E-state index contributed by atoms with van der Waals surface area (Å²) in [5.74, 6) is 0.686. The maximum Gasteiger partial charge on any atom is 0.251 e. The summed E-state index contributed by atoms with van der Waals surface area (Å²) in [5, 5.41) is 2.63. The van der Waals surface area contributed by atoms with E-state index < -0.39 is 6.04 Å². The van der Waals surface area contributed by atoms with E-state index in [4.69, 9.17) is 0 Å². The fourth-order valence-electron chi connectivity index (χ4n) is 2.15. The predicted molar refractivity (Wildman–Crippen MR) is 77.8 cm³/mol. The van der Waals surface area contributed by atoms with Crippen LogP contribution in [0.3, 0.4) is 0 Å². The van der Waals surface area contributed by atoms with E-state index in [1.54, 1.807) is 19.1 Å². The lowest BCUT2D eigenvalue weighted by atomic mass is 10.1. The largest absolute Gasteiger partial charge is 0.343 e. The molecule has 5 heteroatoms. The Morgan fingerprint density at radius 2 is 2.25 bits per heavy atom. The zero-order valence-corrected chi connectivity index (χ0v) is 12.0. The van der Waals surface area contributed by atoms with E-state index in [0.29, 0.717) is 11.8 Å². The van der Waals surface area contributed by atoms with E-state index in [1.807, 2.05) is 6.92 Å². The zero-order chi connectivity index (χ0) is 14.7. The second kappa shape index (κ2) is 5.86. The molecule has 1 atom stereocenters.